The van der Waals surface area contributed by atoms with E-state index in [2.05, 4.69) is 0 Å². The molecular weight excluding hydrogens is 385 g/mol. The number of rotatable bonds is 7. The smallest absolute Gasteiger partial charge is 0.340 e. The number of amides is 2. The number of hydrogen-bond donors (Lipinski definition) is 1. The Morgan fingerprint density at radius 2 is 1.39 bits per heavy atom. The molecule has 2 atom stereocenters. The van der Waals surface area contributed by atoms with Gasteiger partial charge in [0.2, 0.25) is 0 Å². The molecule has 9 heteroatoms. The van der Waals surface area contributed by atoms with Gasteiger partial charge in [0.25, 0.3) is 11.8 Å². The van der Waals surface area contributed by atoms with Crippen LogP contribution in [0.2, 0.25) is 0 Å². The first kappa shape index (κ1) is 19.9. The van der Waals surface area contributed by atoms with E-state index in [0.29, 0.717) is 10.5 Å². The van der Waals surface area contributed by atoms with E-state index in [1.165, 1.54) is 12.1 Å². The maximum Gasteiger partial charge on any atom is 0.340 e. The van der Waals surface area contributed by atoms with Gasteiger partial charge < -0.3 is 14.2 Å². The molecule has 2 aromatic carbocycles. The second-order valence-corrected chi connectivity index (χ2v) is 8.44. The summed E-state index contributed by atoms with van der Waals surface area (Å²) >= 11 is 0. The summed E-state index contributed by atoms with van der Waals surface area (Å²) in [7, 11) is -1.80. The van der Waals surface area contributed by atoms with Crippen LogP contribution in [0.25, 0.3) is 0 Å². The number of benzene rings is 2. The summed E-state index contributed by atoms with van der Waals surface area (Å²) in [5.74, 6) is -3.04. The van der Waals surface area contributed by atoms with Crippen molar-refractivity contribution < 1.29 is 33.1 Å². The molecule has 0 bridgehead atoms. The molecule has 1 aliphatic rings. The van der Waals surface area contributed by atoms with E-state index >= 15 is 0 Å². The summed E-state index contributed by atoms with van der Waals surface area (Å²) in [4.78, 5) is 38.6. The molecule has 1 heterocycles. The average molecular weight is 403 g/mol. The topological polar surface area (TPSA) is 110 Å². The lowest BCUT2D eigenvalue weighted by atomic mass is 10.0. The van der Waals surface area contributed by atoms with Crippen LogP contribution in [-0.4, -0.2) is 48.1 Å². The first-order valence-corrected chi connectivity index (χ1v) is 9.92. The van der Waals surface area contributed by atoms with Crippen molar-refractivity contribution in [3.05, 3.63) is 71.3 Å². The predicted octanol–water partition coefficient (Wildman–Crippen LogP) is 2.96. The third-order valence-electron chi connectivity index (χ3n) is 4.65. The minimum Gasteiger partial charge on any atom is -0.480 e. The van der Waals surface area contributed by atoms with Gasteiger partial charge in [0.1, 0.15) is 5.66 Å². The quantitative estimate of drug-likeness (QED) is 0.559. The third kappa shape index (κ3) is 3.16. The molecule has 0 saturated heterocycles. The zero-order chi connectivity index (χ0) is 20.5. The summed E-state index contributed by atoms with van der Waals surface area (Å²) in [5.41, 5.74) is -0.924. The molecule has 0 spiro atoms. The fourth-order valence-electron chi connectivity index (χ4n) is 3.34. The lowest BCUT2D eigenvalue weighted by molar-refractivity contribution is -0.141. The zero-order valence-corrected chi connectivity index (χ0v) is 16.0. The largest absolute Gasteiger partial charge is 0.480 e. The number of carbonyl (C=O) groups excluding carboxylic acids is 2. The van der Waals surface area contributed by atoms with Gasteiger partial charge in [-0.15, -0.1) is 0 Å². The van der Waals surface area contributed by atoms with Crippen molar-refractivity contribution in [2.75, 3.05) is 14.2 Å². The number of carbonyl (C=O) groups is 3. The highest BCUT2D eigenvalue weighted by molar-refractivity contribution is 7.54. The molecule has 0 fully saturated rings. The Labute approximate surface area is 161 Å². The van der Waals surface area contributed by atoms with Gasteiger partial charge in [0, 0.05) is 14.2 Å². The fourth-order valence-corrected chi connectivity index (χ4v) is 5.08. The van der Waals surface area contributed by atoms with Crippen molar-refractivity contribution in [1.82, 2.24) is 4.90 Å². The third-order valence-corrected chi connectivity index (χ3v) is 6.93. The lowest BCUT2D eigenvalue weighted by Gasteiger charge is -2.33. The van der Waals surface area contributed by atoms with Gasteiger partial charge in [0.05, 0.1) is 11.1 Å². The molecule has 1 aliphatic heterocycles. The maximum atomic E-state index is 13.3. The second-order valence-electron chi connectivity index (χ2n) is 6.07. The van der Waals surface area contributed by atoms with Gasteiger partial charge in [-0.2, -0.15) is 0 Å². The van der Waals surface area contributed by atoms with Gasteiger partial charge in [-0.3, -0.25) is 19.1 Å². The number of aliphatic carboxylic acids is 1. The lowest BCUT2D eigenvalue weighted by Crippen LogP contribution is -2.48. The molecule has 0 saturated carbocycles. The number of nitrogens with zero attached hydrogens (tertiary/aromatic N) is 1. The Bertz CT molecular complexity index is 932. The van der Waals surface area contributed by atoms with E-state index in [9.17, 15) is 24.1 Å². The standard InChI is InChI=1S/C19H18NO7P/c1-26-28(25,27-2)16(12-8-4-3-5-9-12)15(19(23)24)20-17(21)13-10-6-7-11-14(13)18(20)22/h3-11,15-16H,1-2H3,(H,23,24). The highest BCUT2D eigenvalue weighted by Crippen LogP contribution is 2.62. The molecule has 28 heavy (non-hydrogen) atoms. The molecule has 2 unspecified atom stereocenters. The Morgan fingerprint density at radius 1 is 0.929 bits per heavy atom. The molecule has 2 aromatic rings. The highest BCUT2D eigenvalue weighted by Gasteiger charge is 2.53. The summed E-state index contributed by atoms with van der Waals surface area (Å²) < 4.78 is 23.4. The molecule has 0 radical (unpaired) electrons. The Balaban J connectivity index is 2.19. The van der Waals surface area contributed by atoms with Crippen molar-refractivity contribution in [2.24, 2.45) is 0 Å². The summed E-state index contributed by atoms with van der Waals surface area (Å²) in [6, 6.07) is 12.3. The average Bonchev–Trinajstić information content (AvgIpc) is 2.96. The van der Waals surface area contributed by atoms with Crippen LogP contribution in [0.1, 0.15) is 31.9 Å². The van der Waals surface area contributed by atoms with E-state index in [4.69, 9.17) is 9.05 Å². The molecule has 2 amide bonds. The van der Waals surface area contributed by atoms with Crippen molar-refractivity contribution in [1.29, 1.82) is 0 Å². The summed E-state index contributed by atoms with van der Waals surface area (Å²) in [6.45, 7) is 0. The minimum atomic E-state index is -4.05. The van der Waals surface area contributed by atoms with Gasteiger partial charge >= 0.3 is 13.6 Å². The number of hydrogen-bond acceptors (Lipinski definition) is 6. The first-order valence-electron chi connectivity index (χ1n) is 8.31. The van der Waals surface area contributed by atoms with Crippen LogP contribution >= 0.6 is 7.60 Å². The number of fused-ring (bicyclic) bond motifs is 1. The van der Waals surface area contributed by atoms with Crippen LogP contribution in [0.4, 0.5) is 0 Å². The van der Waals surface area contributed by atoms with E-state index in [0.717, 1.165) is 14.2 Å². The van der Waals surface area contributed by atoms with Gasteiger partial charge in [-0.1, -0.05) is 42.5 Å². The van der Waals surface area contributed by atoms with Crippen LogP contribution in [0, 0.1) is 0 Å². The van der Waals surface area contributed by atoms with Crippen LogP contribution in [-0.2, 0) is 18.4 Å². The fraction of sp³-hybridized carbons (Fsp3) is 0.211. The normalized spacial score (nSPS) is 16.0. The first-order chi connectivity index (χ1) is 13.4. The zero-order valence-electron chi connectivity index (χ0n) is 15.1. The van der Waals surface area contributed by atoms with Crippen molar-refractivity contribution in [2.45, 2.75) is 11.7 Å². The number of carboxylic acid groups (broad SMARTS) is 1. The van der Waals surface area contributed by atoms with E-state index < -0.39 is 37.1 Å². The SMILES string of the molecule is COP(=O)(OC)C(c1ccccc1)C(C(=O)O)N1C(=O)c2ccccc2C1=O. The molecule has 1 N–H and O–H groups in total. The Hall–Kier alpha value is -2.80. The van der Waals surface area contributed by atoms with Crippen LogP contribution in [0.15, 0.2) is 54.6 Å². The number of imide groups is 1. The van der Waals surface area contributed by atoms with Gasteiger partial charge in [-0.05, 0) is 17.7 Å². The molecule has 8 nitrogen and oxygen atoms in total. The maximum absolute atomic E-state index is 13.3. The van der Waals surface area contributed by atoms with Crippen molar-refractivity contribution >= 4 is 25.4 Å². The molecule has 3 rings (SSSR count). The highest BCUT2D eigenvalue weighted by atomic mass is 31.2. The summed E-state index contributed by atoms with van der Waals surface area (Å²) in [6.07, 6.45) is 0. The number of carboxylic acids is 1. The Morgan fingerprint density at radius 3 is 1.82 bits per heavy atom. The van der Waals surface area contributed by atoms with E-state index in [1.54, 1.807) is 42.5 Å². The molecule has 0 aliphatic carbocycles. The minimum absolute atomic E-state index is 0.0928. The molecule has 0 aromatic heterocycles. The molecule has 146 valence electrons. The van der Waals surface area contributed by atoms with Gasteiger partial charge in [-0.25, -0.2) is 4.79 Å². The Kier molecular flexibility index (Phi) is 5.47. The predicted molar refractivity (Wildman–Crippen MR) is 99.2 cm³/mol. The van der Waals surface area contributed by atoms with Crippen LogP contribution < -0.4 is 0 Å². The van der Waals surface area contributed by atoms with Crippen molar-refractivity contribution in [3.63, 3.8) is 0 Å². The van der Waals surface area contributed by atoms with Crippen LogP contribution in [0.5, 0.6) is 0 Å². The summed E-state index contributed by atoms with van der Waals surface area (Å²) in [5, 5.41) is 9.96. The van der Waals surface area contributed by atoms with Crippen LogP contribution in [0.3, 0.4) is 0 Å². The van der Waals surface area contributed by atoms with Crippen molar-refractivity contribution in [3.8, 4) is 0 Å². The monoisotopic (exact) mass is 403 g/mol. The van der Waals surface area contributed by atoms with E-state index in [1.807, 2.05) is 0 Å². The van der Waals surface area contributed by atoms with Gasteiger partial charge in [0.15, 0.2) is 6.04 Å². The second kappa shape index (κ2) is 7.67. The molecular formula is C19H18NO7P. The van der Waals surface area contributed by atoms with E-state index in [-0.39, 0.29) is 11.1 Å².